The smallest absolute Gasteiger partial charge is 0.241 e. The average molecular weight is 261 g/mol. The number of anilines is 2. The third-order valence-corrected chi connectivity index (χ3v) is 3.10. The minimum Gasteiger partial charge on any atom is -0.326 e. The summed E-state index contributed by atoms with van der Waals surface area (Å²) >= 11 is 0. The van der Waals surface area contributed by atoms with E-state index in [1.165, 1.54) is 6.92 Å². The van der Waals surface area contributed by atoms with Crippen molar-refractivity contribution in [1.82, 2.24) is 5.32 Å². The Bertz CT molecular complexity index is 450. The number of nitrogens with one attached hydrogen (secondary N) is 3. The second-order valence-electron chi connectivity index (χ2n) is 4.75. The molecule has 1 aliphatic heterocycles. The predicted molar refractivity (Wildman–Crippen MR) is 75.0 cm³/mol. The summed E-state index contributed by atoms with van der Waals surface area (Å²) in [5, 5.41) is 8.77. The molecule has 0 aromatic heterocycles. The summed E-state index contributed by atoms with van der Waals surface area (Å²) in [6, 6.07) is 7.01. The predicted octanol–water partition coefficient (Wildman–Crippen LogP) is 1.73. The van der Waals surface area contributed by atoms with Crippen LogP contribution in [0.25, 0.3) is 0 Å². The molecule has 1 aliphatic rings. The van der Waals surface area contributed by atoms with Gasteiger partial charge < -0.3 is 16.0 Å². The van der Waals surface area contributed by atoms with Crippen LogP contribution >= 0.6 is 0 Å². The van der Waals surface area contributed by atoms with Crippen molar-refractivity contribution in [3.05, 3.63) is 24.3 Å². The van der Waals surface area contributed by atoms with Gasteiger partial charge in [0.25, 0.3) is 0 Å². The lowest BCUT2D eigenvalue weighted by atomic mass is 10.0. The van der Waals surface area contributed by atoms with Gasteiger partial charge >= 0.3 is 0 Å². The molecule has 102 valence electrons. The molecule has 0 aliphatic carbocycles. The Kier molecular flexibility index (Phi) is 4.52. The van der Waals surface area contributed by atoms with Gasteiger partial charge in [0, 0.05) is 18.3 Å². The Morgan fingerprint density at radius 3 is 2.26 bits per heavy atom. The average Bonchev–Trinajstić information content (AvgIpc) is 2.41. The zero-order valence-corrected chi connectivity index (χ0v) is 11.0. The van der Waals surface area contributed by atoms with E-state index in [0.29, 0.717) is 0 Å². The van der Waals surface area contributed by atoms with Crippen molar-refractivity contribution in [2.24, 2.45) is 0 Å². The molecule has 2 rings (SSSR count). The van der Waals surface area contributed by atoms with Crippen molar-refractivity contribution in [3.63, 3.8) is 0 Å². The van der Waals surface area contributed by atoms with E-state index in [2.05, 4.69) is 16.0 Å². The van der Waals surface area contributed by atoms with Crippen LogP contribution in [0.15, 0.2) is 24.3 Å². The van der Waals surface area contributed by atoms with Crippen LogP contribution in [0.5, 0.6) is 0 Å². The number of amides is 2. The van der Waals surface area contributed by atoms with E-state index in [4.69, 9.17) is 0 Å². The molecule has 1 heterocycles. The lowest BCUT2D eigenvalue weighted by Crippen LogP contribution is -2.43. The van der Waals surface area contributed by atoms with Crippen LogP contribution in [0.1, 0.15) is 26.2 Å². The van der Waals surface area contributed by atoms with Gasteiger partial charge in [0.15, 0.2) is 0 Å². The fraction of sp³-hybridized carbons (Fsp3) is 0.429. The first-order valence-corrected chi connectivity index (χ1v) is 6.57. The molecule has 0 spiro atoms. The quantitative estimate of drug-likeness (QED) is 0.776. The topological polar surface area (TPSA) is 70.2 Å². The minimum absolute atomic E-state index is 0.00646. The summed E-state index contributed by atoms with van der Waals surface area (Å²) in [4.78, 5) is 22.9. The van der Waals surface area contributed by atoms with Crippen molar-refractivity contribution in [3.8, 4) is 0 Å². The van der Waals surface area contributed by atoms with Crippen LogP contribution in [-0.2, 0) is 9.59 Å². The molecule has 3 N–H and O–H groups in total. The molecule has 1 fully saturated rings. The molecular formula is C14H19N3O2. The molecule has 1 unspecified atom stereocenters. The molecule has 1 saturated heterocycles. The molecular weight excluding hydrogens is 242 g/mol. The molecule has 2 amide bonds. The summed E-state index contributed by atoms with van der Waals surface area (Å²) < 4.78 is 0. The number of benzene rings is 1. The van der Waals surface area contributed by atoms with Gasteiger partial charge in [-0.25, -0.2) is 0 Å². The van der Waals surface area contributed by atoms with Crippen LogP contribution in [0.3, 0.4) is 0 Å². The van der Waals surface area contributed by atoms with Gasteiger partial charge in [0.2, 0.25) is 11.8 Å². The van der Waals surface area contributed by atoms with Gasteiger partial charge in [-0.1, -0.05) is 6.42 Å². The summed E-state index contributed by atoms with van der Waals surface area (Å²) in [5.41, 5.74) is 1.47. The largest absolute Gasteiger partial charge is 0.326 e. The first-order valence-electron chi connectivity index (χ1n) is 6.57. The summed E-state index contributed by atoms with van der Waals surface area (Å²) in [5.74, 6) is -0.102. The lowest BCUT2D eigenvalue weighted by molar-refractivity contribution is -0.118. The molecule has 19 heavy (non-hydrogen) atoms. The van der Waals surface area contributed by atoms with Gasteiger partial charge in [-0.05, 0) is 43.7 Å². The van der Waals surface area contributed by atoms with Crippen molar-refractivity contribution in [2.75, 3.05) is 17.2 Å². The fourth-order valence-corrected chi connectivity index (χ4v) is 2.15. The zero-order chi connectivity index (χ0) is 13.7. The Hall–Kier alpha value is -1.88. The van der Waals surface area contributed by atoms with Gasteiger partial charge in [-0.15, -0.1) is 0 Å². The second-order valence-corrected chi connectivity index (χ2v) is 4.75. The highest BCUT2D eigenvalue weighted by Crippen LogP contribution is 2.15. The number of hydrogen-bond donors (Lipinski definition) is 3. The van der Waals surface area contributed by atoms with E-state index in [9.17, 15) is 9.59 Å². The molecule has 0 saturated carbocycles. The van der Waals surface area contributed by atoms with Gasteiger partial charge in [0.05, 0.1) is 6.04 Å². The lowest BCUT2D eigenvalue weighted by Gasteiger charge is -2.22. The first kappa shape index (κ1) is 13.5. The van der Waals surface area contributed by atoms with E-state index in [0.717, 1.165) is 37.2 Å². The molecule has 1 atom stereocenters. The maximum absolute atomic E-state index is 12.0. The second kappa shape index (κ2) is 6.33. The Morgan fingerprint density at radius 1 is 1.11 bits per heavy atom. The van der Waals surface area contributed by atoms with E-state index >= 15 is 0 Å². The third kappa shape index (κ3) is 4.06. The van der Waals surface area contributed by atoms with Crippen molar-refractivity contribution in [2.45, 2.75) is 32.2 Å². The van der Waals surface area contributed by atoms with Crippen LogP contribution in [-0.4, -0.2) is 24.4 Å². The van der Waals surface area contributed by atoms with Gasteiger partial charge in [0.1, 0.15) is 0 Å². The highest BCUT2D eigenvalue weighted by molar-refractivity contribution is 5.95. The summed E-state index contributed by atoms with van der Waals surface area (Å²) in [6.07, 6.45) is 3.11. The number of carbonyl (C=O) groups is 2. The van der Waals surface area contributed by atoms with Gasteiger partial charge in [-0.3, -0.25) is 9.59 Å². The highest BCUT2D eigenvalue weighted by Gasteiger charge is 2.20. The number of piperidine rings is 1. The highest BCUT2D eigenvalue weighted by atomic mass is 16.2. The first-order chi connectivity index (χ1) is 9.15. The van der Waals surface area contributed by atoms with Crippen molar-refractivity contribution < 1.29 is 9.59 Å². The fourth-order valence-electron chi connectivity index (χ4n) is 2.15. The van der Waals surface area contributed by atoms with E-state index in [1.54, 1.807) is 24.3 Å². The van der Waals surface area contributed by atoms with Crippen LogP contribution in [0, 0.1) is 0 Å². The minimum atomic E-state index is -0.108. The maximum Gasteiger partial charge on any atom is 0.241 e. The molecule has 0 bridgehead atoms. The normalized spacial score (nSPS) is 18.7. The number of hydrogen-bond acceptors (Lipinski definition) is 3. The number of carbonyl (C=O) groups excluding carboxylic acids is 2. The Labute approximate surface area is 112 Å². The Morgan fingerprint density at radius 2 is 1.74 bits per heavy atom. The van der Waals surface area contributed by atoms with Gasteiger partial charge in [-0.2, -0.15) is 0 Å². The third-order valence-electron chi connectivity index (χ3n) is 3.10. The van der Waals surface area contributed by atoms with Crippen LogP contribution in [0.4, 0.5) is 11.4 Å². The standard InChI is InChI=1S/C14H19N3O2/c1-10(18)16-11-5-7-12(8-6-11)17-14(19)13-4-2-3-9-15-13/h5-8,13,15H,2-4,9H2,1H3,(H,16,18)(H,17,19). The van der Waals surface area contributed by atoms with Crippen LogP contribution in [0.2, 0.25) is 0 Å². The van der Waals surface area contributed by atoms with E-state index in [-0.39, 0.29) is 17.9 Å². The summed E-state index contributed by atoms with van der Waals surface area (Å²) in [7, 11) is 0. The SMILES string of the molecule is CC(=O)Nc1ccc(NC(=O)C2CCCCN2)cc1. The monoisotopic (exact) mass is 261 g/mol. The maximum atomic E-state index is 12.0. The molecule has 5 heteroatoms. The van der Waals surface area contributed by atoms with Crippen molar-refractivity contribution in [1.29, 1.82) is 0 Å². The van der Waals surface area contributed by atoms with E-state index < -0.39 is 0 Å². The number of rotatable bonds is 3. The summed E-state index contributed by atoms with van der Waals surface area (Å²) in [6.45, 7) is 2.37. The molecule has 1 aromatic rings. The molecule has 5 nitrogen and oxygen atoms in total. The van der Waals surface area contributed by atoms with E-state index in [1.807, 2.05) is 0 Å². The Balaban J connectivity index is 1.91. The molecule has 1 aromatic carbocycles. The molecule has 0 radical (unpaired) electrons. The van der Waals surface area contributed by atoms with Crippen molar-refractivity contribution >= 4 is 23.2 Å². The van der Waals surface area contributed by atoms with Crippen LogP contribution < -0.4 is 16.0 Å². The zero-order valence-electron chi connectivity index (χ0n) is 11.0.